The molecule has 1 aromatic carbocycles. The van der Waals surface area contributed by atoms with E-state index in [1.807, 2.05) is 24.9 Å². The van der Waals surface area contributed by atoms with Crippen molar-refractivity contribution in [1.29, 1.82) is 0 Å². The van der Waals surface area contributed by atoms with Crippen molar-refractivity contribution < 1.29 is 9.18 Å². The van der Waals surface area contributed by atoms with E-state index in [0.29, 0.717) is 13.0 Å². The number of carbonyl (C=O) groups is 1. The predicted octanol–water partition coefficient (Wildman–Crippen LogP) is 1.52. The first-order chi connectivity index (χ1) is 7.54. The Hall–Kier alpha value is -1.42. The summed E-state index contributed by atoms with van der Waals surface area (Å²) in [6.07, 6.45) is 0.654. The molecule has 0 spiro atoms. The maximum absolute atomic E-state index is 12.9. The van der Waals surface area contributed by atoms with Crippen molar-refractivity contribution in [2.75, 3.05) is 7.05 Å². The molecule has 0 aromatic heterocycles. The number of carbonyl (C=O) groups excluding carboxylic acids is 1. The average molecular weight is 224 g/mol. The summed E-state index contributed by atoms with van der Waals surface area (Å²) in [5.74, 6) is -0.612. The van der Waals surface area contributed by atoms with Crippen LogP contribution in [0.2, 0.25) is 0 Å². The van der Waals surface area contributed by atoms with Crippen LogP contribution in [-0.4, -0.2) is 23.9 Å². The van der Waals surface area contributed by atoms with Gasteiger partial charge in [-0.2, -0.15) is 0 Å². The minimum absolute atomic E-state index is 0.266. The third-order valence-electron chi connectivity index (χ3n) is 2.57. The Morgan fingerprint density at radius 2 is 2.25 bits per heavy atom. The van der Waals surface area contributed by atoms with Crippen LogP contribution in [0.5, 0.6) is 0 Å². The highest BCUT2D eigenvalue weighted by Crippen LogP contribution is 2.09. The Kier molecular flexibility index (Phi) is 4.43. The number of amides is 1. The number of benzene rings is 1. The molecule has 0 aliphatic carbocycles. The van der Waals surface area contributed by atoms with Gasteiger partial charge in [0.1, 0.15) is 5.82 Å². The molecule has 3 nitrogen and oxygen atoms in total. The molecule has 1 atom stereocenters. The van der Waals surface area contributed by atoms with Gasteiger partial charge in [0.15, 0.2) is 0 Å². The molecule has 0 fully saturated rings. The Morgan fingerprint density at radius 1 is 1.56 bits per heavy atom. The minimum atomic E-state index is -0.346. The zero-order valence-electron chi connectivity index (χ0n) is 9.61. The van der Waals surface area contributed by atoms with E-state index in [1.54, 1.807) is 6.07 Å². The van der Waals surface area contributed by atoms with Crippen LogP contribution >= 0.6 is 0 Å². The molecule has 88 valence electrons. The average Bonchev–Trinajstić information content (AvgIpc) is 2.17. The molecular formula is C12H17FN2O. The van der Waals surface area contributed by atoms with Gasteiger partial charge in [-0.15, -0.1) is 0 Å². The fourth-order valence-electron chi connectivity index (χ4n) is 1.76. The number of nitrogens with two attached hydrogens (primary N) is 1. The summed E-state index contributed by atoms with van der Waals surface area (Å²) in [6.45, 7) is 2.41. The summed E-state index contributed by atoms with van der Waals surface area (Å²) in [7, 11) is 1.81. The van der Waals surface area contributed by atoms with E-state index in [9.17, 15) is 9.18 Å². The Bertz CT molecular complexity index is 368. The number of hydrogen-bond acceptors (Lipinski definition) is 2. The van der Waals surface area contributed by atoms with Crippen LogP contribution in [0.25, 0.3) is 0 Å². The van der Waals surface area contributed by atoms with Crippen LogP contribution in [-0.2, 0) is 11.3 Å². The van der Waals surface area contributed by atoms with Gasteiger partial charge < -0.3 is 5.73 Å². The predicted molar refractivity (Wildman–Crippen MR) is 61.1 cm³/mol. The van der Waals surface area contributed by atoms with E-state index in [0.717, 1.165) is 5.56 Å². The lowest BCUT2D eigenvalue weighted by molar-refractivity contribution is -0.123. The van der Waals surface area contributed by atoms with Gasteiger partial charge in [-0.3, -0.25) is 9.69 Å². The fourth-order valence-corrected chi connectivity index (χ4v) is 1.76. The Labute approximate surface area is 95.0 Å². The standard InChI is InChI=1S/C12H17FN2O/c1-3-11(12(14)16)15(2)8-9-5-4-6-10(13)7-9/h4-7,11H,3,8H2,1-2H3,(H2,14,16). The summed E-state index contributed by atoms with van der Waals surface area (Å²) >= 11 is 0. The largest absolute Gasteiger partial charge is 0.368 e. The molecule has 4 heteroatoms. The second-order valence-corrected chi connectivity index (χ2v) is 3.87. The first-order valence-electron chi connectivity index (χ1n) is 5.28. The molecule has 0 bridgehead atoms. The summed E-state index contributed by atoms with van der Waals surface area (Å²) in [5.41, 5.74) is 6.11. The van der Waals surface area contributed by atoms with Crippen LogP contribution < -0.4 is 5.73 Å². The van der Waals surface area contributed by atoms with E-state index >= 15 is 0 Å². The molecular weight excluding hydrogens is 207 g/mol. The Morgan fingerprint density at radius 3 is 2.75 bits per heavy atom. The van der Waals surface area contributed by atoms with Crippen molar-refractivity contribution in [3.8, 4) is 0 Å². The lowest BCUT2D eigenvalue weighted by atomic mass is 10.1. The van der Waals surface area contributed by atoms with E-state index in [-0.39, 0.29) is 17.8 Å². The maximum atomic E-state index is 12.9. The van der Waals surface area contributed by atoms with Gasteiger partial charge in [0.25, 0.3) is 0 Å². The monoisotopic (exact) mass is 224 g/mol. The first-order valence-corrected chi connectivity index (χ1v) is 5.28. The van der Waals surface area contributed by atoms with E-state index in [2.05, 4.69) is 0 Å². The van der Waals surface area contributed by atoms with Crippen LogP contribution in [0.4, 0.5) is 4.39 Å². The zero-order valence-corrected chi connectivity index (χ0v) is 9.61. The normalized spacial score (nSPS) is 12.8. The number of likely N-dealkylation sites (N-methyl/N-ethyl adjacent to an activating group) is 1. The number of rotatable bonds is 5. The highest BCUT2D eigenvalue weighted by atomic mass is 19.1. The SMILES string of the molecule is CCC(C(N)=O)N(C)Cc1cccc(F)c1. The number of primary amides is 1. The number of hydrogen-bond donors (Lipinski definition) is 1. The van der Waals surface area contributed by atoms with E-state index < -0.39 is 0 Å². The van der Waals surface area contributed by atoms with Gasteiger partial charge in [-0.05, 0) is 31.2 Å². The lowest BCUT2D eigenvalue weighted by Gasteiger charge is -2.24. The van der Waals surface area contributed by atoms with Crippen molar-refractivity contribution in [3.05, 3.63) is 35.6 Å². The second kappa shape index (κ2) is 5.61. The molecule has 1 rings (SSSR count). The fraction of sp³-hybridized carbons (Fsp3) is 0.417. The first kappa shape index (κ1) is 12.6. The molecule has 1 unspecified atom stereocenters. The molecule has 0 aliphatic heterocycles. The number of nitrogens with zero attached hydrogens (tertiary/aromatic N) is 1. The van der Waals surface area contributed by atoms with Gasteiger partial charge in [0.2, 0.25) is 5.91 Å². The minimum Gasteiger partial charge on any atom is -0.368 e. The maximum Gasteiger partial charge on any atom is 0.234 e. The molecule has 0 radical (unpaired) electrons. The van der Waals surface area contributed by atoms with Gasteiger partial charge in [-0.1, -0.05) is 19.1 Å². The summed E-state index contributed by atoms with van der Waals surface area (Å²) in [6, 6.07) is 6.04. The molecule has 1 aromatic rings. The highest BCUT2D eigenvalue weighted by molar-refractivity contribution is 5.79. The van der Waals surface area contributed by atoms with Gasteiger partial charge in [-0.25, -0.2) is 4.39 Å². The third kappa shape index (κ3) is 3.31. The van der Waals surface area contributed by atoms with Crippen LogP contribution in [0, 0.1) is 5.82 Å². The van der Waals surface area contributed by atoms with Gasteiger partial charge >= 0.3 is 0 Å². The third-order valence-corrected chi connectivity index (χ3v) is 2.57. The van der Waals surface area contributed by atoms with E-state index in [4.69, 9.17) is 5.73 Å². The van der Waals surface area contributed by atoms with Crippen molar-refractivity contribution >= 4 is 5.91 Å². The summed E-state index contributed by atoms with van der Waals surface area (Å²) in [4.78, 5) is 13.0. The van der Waals surface area contributed by atoms with E-state index in [1.165, 1.54) is 12.1 Å². The molecule has 2 N–H and O–H groups in total. The highest BCUT2D eigenvalue weighted by Gasteiger charge is 2.18. The van der Waals surface area contributed by atoms with Crippen molar-refractivity contribution in [2.24, 2.45) is 5.73 Å². The molecule has 0 saturated carbocycles. The molecule has 0 heterocycles. The second-order valence-electron chi connectivity index (χ2n) is 3.87. The van der Waals surface area contributed by atoms with Crippen molar-refractivity contribution in [2.45, 2.75) is 25.9 Å². The Balaban J connectivity index is 2.69. The van der Waals surface area contributed by atoms with Crippen LogP contribution in [0.15, 0.2) is 24.3 Å². The lowest BCUT2D eigenvalue weighted by Crippen LogP contribution is -2.41. The number of halogens is 1. The van der Waals surface area contributed by atoms with Crippen molar-refractivity contribution in [1.82, 2.24) is 4.90 Å². The summed E-state index contributed by atoms with van der Waals surface area (Å²) < 4.78 is 12.9. The quantitative estimate of drug-likeness (QED) is 0.824. The molecule has 0 saturated heterocycles. The summed E-state index contributed by atoms with van der Waals surface area (Å²) in [5, 5.41) is 0. The molecule has 0 aliphatic rings. The van der Waals surface area contributed by atoms with Gasteiger partial charge in [0, 0.05) is 6.54 Å². The molecule has 16 heavy (non-hydrogen) atoms. The van der Waals surface area contributed by atoms with Gasteiger partial charge in [0.05, 0.1) is 6.04 Å². The van der Waals surface area contributed by atoms with Crippen molar-refractivity contribution in [3.63, 3.8) is 0 Å². The molecule has 1 amide bonds. The van der Waals surface area contributed by atoms with Crippen LogP contribution in [0.1, 0.15) is 18.9 Å². The smallest absolute Gasteiger partial charge is 0.234 e. The zero-order chi connectivity index (χ0) is 12.1. The topological polar surface area (TPSA) is 46.3 Å². The van der Waals surface area contributed by atoms with Crippen LogP contribution in [0.3, 0.4) is 0 Å².